The molecule has 0 bridgehead atoms. The van der Waals surface area contributed by atoms with Gasteiger partial charge in [-0.25, -0.2) is 4.98 Å². The molecule has 0 aliphatic carbocycles. The fourth-order valence-corrected chi connectivity index (χ4v) is 2.70. The van der Waals surface area contributed by atoms with Crippen LogP contribution in [0.5, 0.6) is 0 Å². The first kappa shape index (κ1) is 11.2. The Kier molecular flexibility index (Phi) is 2.72. The van der Waals surface area contributed by atoms with Gasteiger partial charge in [-0.2, -0.15) is 0 Å². The molecule has 0 saturated heterocycles. The second kappa shape index (κ2) is 4.38. The summed E-state index contributed by atoms with van der Waals surface area (Å²) in [6, 6.07) is 8.39. The van der Waals surface area contributed by atoms with Crippen LogP contribution in [-0.2, 0) is 0 Å². The number of nitrogens with zero attached hydrogens (tertiary/aromatic N) is 2. The van der Waals surface area contributed by atoms with Crippen LogP contribution in [0, 0.1) is 13.8 Å². The molecule has 0 aliphatic heterocycles. The van der Waals surface area contributed by atoms with Crippen LogP contribution >= 0.6 is 11.3 Å². The number of thiazole rings is 1. The minimum Gasteiger partial charge on any atom is -0.330 e. The summed E-state index contributed by atoms with van der Waals surface area (Å²) in [5.41, 5.74) is 4.39. The molecular weight excluding hydrogens is 242 g/mol. The zero-order valence-corrected chi connectivity index (χ0v) is 11.1. The van der Waals surface area contributed by atoms with E-state index in [9.17, 15) is 0 Å². The molecule has 0 saturated carbocycles. The standard InChI is InChI=1S/C14H13N3S/c1-9-3-4-13-12(6-9)17-14(18-13)16-11-5-10(2)7-15-8-11/h3-8H,1-2H3,(H,16,17). The van der Waals surface area contributed by atoms with Gasteiger partial charge in [0, 0.05) is 6.20 Å². The number of aryl methyl sites for hydroxylation is 2. The maximum atomic E-state index is 4.58. The molecule has 4 heteroatoms. The highest BCUT2D eigenvalue weighted by Crippen LogP contribution is 2.28. The fraction of sp³-hybridized carbons (Fsp3) is 0.143. The van der Waals surface area contributed by atoms with E-state index in [-0.39, 0.29) is 0 Å². The summed E-state index contributed by atoms with van der Waals surface area (Å²) in [6.07, 6.45) is 3.65. The number of hydrogen-bond acceptors (Lipinski definition) is 4. The van der Waals surface area contributed by atoms with E-state index in [2.05, 4.69) is 46.5 Å². The average molecular weight is 255 g/mol. The Balaban J connectivity index is 1.95. The van der Waals surface area contributed by atoms with Gasteiger partial charge in [0.15, 0.2) is 5.13 Å². The Morgan fingerprint density at radius 3 is 2.78 bits per heavy atom. The molecule has 2 aromatic heterocycles. The van der Waals surface area contributed by atoms with Crippen molar-refractivity contribution >= 4 is 32.4 Å². The van der Waals surface area contributed by atoms with Crippen molar-refractivity contribution in [2.75, 3.05) is 5.32 Å². The largest absolute Gasteiger partial charge is 0.330 e. The molecule has 0 amide bonds. The number of hydrogen-bond donors (Lipinski definition) is 1. The molecule has 0 atom stereocenters. The van der Waals surface area contributed by atoms with Gasteiger partial charge in [-0.15, -0.1) is 0 Å². The van der Waals surface area contributed by atoms with Crippen LogP contribution in [0.15, 0.2) is 36.7 Å². The van der Waals surface area contributed by atoms with Crippen molar-refractivity contribution in [2.24, 2.45) is 0 Å². The summed E-state index contributed by atoms with van der Waals surface area (Å²) in [5, 5.41) is 4.20. The Morgan fingerprint density at radius 2 is 1.94 bits per heavy atom. The minimum atomic E-state index is 0.906. The number of nitrogens with one attached hydrogen (secondary N) is 1. The number of fused-ring (bicyclic) bond motifs is 1. The summed E-state index contributed by atoms with van der Waals surface area (Å²) in [4.78, 5) is 8.74. The summed E-state index contributed by atoms with van der Waals surface area (Å²) >= 11 is 1.66. The van der Waals surface area contributed by atoms with E-state index in [0.29, 0.717) is 0 Å². The van der Waals surface area contributed by atoms with Crippen molar-refractivity contribution in [2.45, 2.75) is 13.8 Å². The van der Waals surface area contributed by atoms with E-state index in [0.717, 1.165) is 21.9 Å². The fourth-order valence-electron chi connectivity index (χ4n) is 1.84. The van der Waals surface area contributed by atoms with Crippen LogP contribution in [0.4, 0.5) is 10.8 Å². The van der Waals surface area contributed by atoms with Crippen molar-refractivity contribution < 1.29 is 0 Å². The summed E-state index contributed by atoms with van der Waals surface area (Å²) < 4.78 is 1.20. The van der Waals surface area contributed by atoms with Crippen LogP contribution in [-0.4, -0.2) is 9.97 Å². The Labute approximate surface area is 110 Å². The van der Waals surface area contributed by atoms with Gasteiger partial charge in [0.2, 0.25) is 0 Å². The van der Waals surface area contributed by atoms with Crippen LogP contribution in [0.3, 0.4) is 0 Å². The van der Waals surface area contributed by atoms with Crippen LogP contribution in [0.1, 0.15) is 11.1 Å². The normalized spacial score (nSPS) is 10.8. The highest BCUT2D eigenvalue weighted by molar-refractivity contribution is 7.22. The number of anilines is 2. The third-order valence-corrected chi connectivity index (χ3v) is 3.62. The molecule has 0 radical (unpaired) electrons. The van der Waals surface area contributed by atoms with Crippen molar-refractivity contribution in [3.63, 3.8) is 0 Å². The van der Waals surface area contributed by atoms with Crippen molar-refractivity contribution in [1.29, 1.82) is 0 Å². The van der Waals surface area contributed by atoms with Gasteiger partial charge < -0.3 is 5.32 Å². The second-order valence-electron chi connectivity index (χ2n) is 4.37. The second-order valence-corrected chi connectivity index (χ2v) is 5.40. The van der Waals surface area contributed by atoms with E-state index in [4.69, 9.17) is 0 Å². The predicted octanol–water partition coefficient (Wildman–Crippen LogP) is 4.05. The van der Waals surface area contributed by atoms with Gasteiger partial charge in [0.25, 0.3) is 0 Å². The van der Waals surface area contributed by atoms with Crippen molar-refractivity contribution in [3.8, 4) is 0 Å². The number of benzene rings is 1. The molecule has 1 N–H and O–H groups in total. The van der Waals surface area contributed by atoms with Crippen LogP contribution in [0.2, 0.25) is 0 Å². The predicted molar refractivity (Wildman–Crippen MR) is 76.6 cm³/mol. The summed E-state index contributed by atoms with van der Waals surface area (Å²) in [6.45, 7) is 4.11. The van der Waals surface area contributed by atoms with Gasteiger partial charge in [0.1, 0.15) is 0 Å². The number of rotatable bonds is 2. The number of aromatic nitrogens is 2. The summed E-state index contributed by atoms with van der Waals surface area (Å²) in [5.74, 6) is 0. The van der Waals surface area contributed by atoms with Gasteiger partial charge >= 0.3 is 0 Å². The lowest BCUT2D eigenvalue weighted by Gasteiger charge is -2.01. The van der Waals surface area contributed by atoms with Crippen molar-refractivity contribution in [1.82, 2.24) is 9.97 Å². The maximum absolute atomic E-state index is 4.58. The molecule has 3 aromatic rings. The summed E-state index contributed by atoms with van der Waals surface area (Å²) in [7, 11) is 0. The van der Waals surface area contributed by atoms with Crippen LogP contribution < -0.4 is 5.32 Å². The molecule has 0 spiro atoms. The highest BCUT2D eigenvalue weighted by atomic mass is 32.1. The topological polar surface area (TPSA) is 37.8 Å². The molecule has 0 aliphatic rings. The van der Waals surface area contributed by atoms with E-state index in [1.54, 1.807) is 11.3 Å². The SMILES string of the molecule is Cc1cncc(Nc2nc3cc(C)ccc3s2)c1. The highest BCUT2D eigenvalue weighted by Gasteiger charge is 2.04. The lowest BCUT2D eigenvalue weighted by Crippen LogP contribution is -1.90. The minimum absolute atomic E-state index is 0.906. The number of pyridine rings is 1. The first-order valence-corrected chi connectivity index (χ1v) is 6.58. The molecule has 2 heterocycles. The Morgan fingerprint density at radius 1 is 1.06 bits per heavy atom. The first-order chi connectivity index (χ1) is 8.70. The van der Waals surface area contributed by atoms with E-state index in [1.165, 1.54) is 10.3 Å². The Bertz CT molecular complexity index is 703. The van der Waals surface area contributed by atoms with Gasteiger partial charge in [-0.1, -0.05) is 17.4 Å². The molecule has 0 unspecified atom stereocenters. The zero-order chi connectivity index (χ0) is 12.5. The molecule has 3 rings (SSSR count). The average Bonchev–Trinajstić information content (AvgIpc) is 2.70. The zero-order valence-electron chi connectivity index (χ0n) is 10.3. The van der Waals surface area contributed by atoms with Gasteiger partial charge in [0.05, 0.1) is 22.1 Å². The van der Waals surface area contributed by atoms with E-state index in [1.807, 2.05) is 19.3 Å². The smallest absolute Gasteiger partial charge is 0.188 e. The Hall–Kier alpha value is -1.94. The van der Waals surface area contributed by atoms with Gasteiger partial charge in [-0.3, -0.25) is 4.98 Å². The lowest BCUT2D eigenvalue weighted by atomic mass is 10.2. The molecule has 18 heavy (non-hydrogen) atoms. The van der Waals surface area contributed by atoms with Gasteiger partial charge in [-0.05, 0) is 43.2 Å². The van der Waals surface area contributed by atoms with E-state index < -0.39 is 0 Å². The molecule has 90 valence electrons. The van der Waals surface area contributed by atoms with Crippen LogP contribution in [0.25, 0.3) is 10.2 Å². The van der Waals surface area contributed by atoms with Crippen molar-refractivity contribution in [3.05, 3.63) is 47.8 Å². The van der Waals surface area contributed by atoms with E-state index >= 15 is 0 Å². The third-order valence-electron chi connectivity index (χ3n) is 2.67. The molecule has 3 nitrogen and oxygen atoms in total. The molecule has 0 fully saturated rings. The molecule has 1 aromatic carbocycles. The first-order valence-electron chi connectivity index (χ1n) is 5.76. The maximum Gasteiger partial charge on any atom is 0.188 e. The quantitative estimate of drug-likeness (QED) is 0.750. The lowest BCUT2D eigenvalue weighted by molar-refractivity contribution is 1.26. The third kappa shape index (κ3) is 2.19. The molecular formula is C14H13N3S. The monoisotopic (exact) mass is 255 g/mol.